The van der Waals surface area contributed by atoms with Crippen LogP contribution in [0, 0.1) is 13.8 Å². The van der Waals surface area contributed by atoms with Crippen molar-refractivity contribution in [2.75, 3.05) is 13.7 Å². The van der Waals surface area contributed by atoms with Crippen molar-refractivity contribution in [3.05, 3.63) is 58.9 Å². The van der Waals surface area contributed by atoms with Gasteiger partial charge in [-0.3, -0.25) is 4.99 Å². The van der Waals surface area contributed by atoms with Crippen LogP contribution in [0.4, 0.5) is 0 Å². The Balaban J connectivity index is 2.10. The minimum absolute atomic E-state index is 0.00210. The van der Waals surface area contributed by atoms with E-state index < -0.39 is 5.97 Å². The van der Waals surface area contributed by atoms with Crippen LogP contribution in [0.3, 0.4) is 0 Å². The predicted molar refractivity (Wildman–Crippen MR) is 102 cm³/mol. The molecular formula is C22H22NO4-. The van der Waals surface area contributed by atoms with Crippen molar-refractivity contribution in [3.8, 4) is 17.1 Å². The number of hydrogen-bond acceptors (Lipinski definition) is 5. The smallest absolute Gasteiger partial charge is 0.137 e. The molecule has 27 heavy (non-hydrogen) atoms. The second-order valence-corrected chi connectivity index (χ2v) is 6.51. The van der Waals surface area contributed by atoms with Crippen molar-refractivity contribution in [2.45, 2.75) is 26.7 Å². The first-order valence-corrected chi connectivity index (χ1v) is 8.88. The Morgan fingerprint density at radius 1 is 1.11 bits per heavy atom. The summed E-state index contributed by atoms with van der Waals surface area (Å²) in [7, 11) is 1.63. The fourth-order valence-electron chi connectivity index (χ4n) is 2.88. The largest absolute Gasteiger partial charge is 0.550 e. The highest BCUT2D eigenvalue weighted by Crippen LogP contribution is 2.25. The van der Waals surface area contributed by atoms with Crippen LogP contribution in [0.1, 0.15) is 24.0 Å². The number of carboxylic acids is 1. The molecular weight excluding hydrogens is 342 g/mol. The lowest BCUT2D eigenvalue weighted by Gasteiger charge is -2.08. The minimum atomic E-state index is -1.05. The molecule has 0 unspecified atom stereocenters. The Labute approximate surface area is 157 Å². The monoisotopic (exact) mass is 364 g/mol. The van der Waals surface area contributed by atoms with E-state index in [0.29, 0.717) is 18.7 Å². The number of aryl methyl sites for hydroxylation is 2. The van der Waals surface area contributed by atoms with Crippen molar-refractivity contribution in [2.24, 2.45) is 4.99 Å². The second-order valence-electron chi connectivity index (χ2n) is 6.51. The summed E-state index contributed by atoms with van der Waals surface area (Å²) in [6.07, 6.45) is 0.445. The van der Waals surface area contributed by atoms with Crippen molar-refractivity contribution >= 4 is 16.9 Å². The molecule has 0 fully saturated rings. The van der Waals surface area contributed by atoms with Crippen molar-refractivity contribution < 1.29 is 19.1 Å². The molecule has 3 rings (SSSR count). The van der Waals surface area contributed by atoms with Crippen molar-refractivity contribution in [1.82, 2.24) is 0 Å². The van der Waals surface area contributed by atoms with Gasteiger partial charge in [-0.25, -0.2) is 0 Å². The molecule has 1 heterocycles. The normalized spacial score (nSPS) is 11.7. The number of carbonyl (C=O) groups excluding carboxylic acids is 1. The van der Waals surface area contributed by atoms with Gasteiger partial charge >= 0.3 is 0 Å². The van der Waals surface area contributed by atoms with Gasteiger partial charge in [-0.15, -0.1) is 0 Å². The van der Waals surface area contributed by atoms with E-state index in [9.17, 15) is 9.90 Å². The van der Waals surface area contributed by atoms with Gasteiger partial charge in [-0.1, -0.05) is 0 Å². The first-order chi connectivity index (χ1) is 13.0. The van der Waals surface area contributed by atoms with Gasteiger partial charge in [0.15, 0.2) is 0 Å². The molecule has 5 heteroatoms. The van der Waals surface area contributed by atoms with Crippen LogP contribution in [0.5, 0.6) is 5.75 Å². The highest BCUT2D eigenvalue weighted by atomic mass is 16.5. The summed E-state index contributed by atoms with van der Waals surface area (Å²) in [6, 6.07) is 13.6. The maximum absolute atomic E-state index is 10.6. The molecule has 0 aliphatic carbocycles. The molecule has 0 atom stereocenters. The van der Waals surface area contributed by atoms with E-state index in [0.717, 1.165) is 38.8 Å². The maximum atomic E-state index is 10.6. The highest BCUT2D eigenvalue weighted by molar-refractivity contribution is 5.80. The summed E-state index contributed by atoms with van der Waals surface area (Å²) in [6.45, 7) is 4.51. The number of benzene rings is 2. The van der Waals surface area contributed by atoms with E-state index in [-0.39, 0.29) is 6.42 Å². The van der Waals surface area contributed by atoms with Gasteiger partial charge in [-0.05, 0) is 74.2 Å². The molecule has 0 amide bonds. The average Bonchev–Trinajstić information content (AvgIpc) is 2.66. The fraction of sp³-hybridized carbons (Fsp3) is 0.273. The zero-order valence-electron chi connectivity index (χ0n) is 15.7. The Morgan fingerprint density at radius 3 is 2.48 bits per heavy atom. The van der Waals surface area contributed by atoms with Gasteiger partial charge in [0.25, 0.3) is 0 Å². The Hall–Kier alpha value is -3.08. The number of rotatable bonds is 6. The first-order valence-electron chi connectivity index (χ1n) is 8.88. The van der Waals surface area contributed by atoms with Crippen molar-refractivity contribution in [1.29, 1.82) is 0 Å². The molecule has 3 aromatic rings. The van der Waals surface area contributed by atoms with Crippen LogP contribution in [0.25, 0.3) is 22.3 Å². The number of hydrogen-bond donors (Lipinski definition) is 0. The number of carboxylic acid groups (broad SMARTS) is 1. The lowest BCUT2D eigenvalue weighted by atomic mass is 10.1. The van der Waals surface area contributed by atoms with Gasteiger partial charge in [0.05, 0.1) is 12.5 Å². The summed E-state index contributed by atoms with van der Waals surface area (Å²) in [4.78, 5) is 15.2. The molecule has 0 radical (unpaired) electrons. The molecule has 0 aliphatic rings. The molecule has 140 valence electrons. The van der Waals surface area contributed by atoms with Crippen LogP contribution in [-0.2, 0) is 4.79 Å². The number of ether oxygens (including phenoxy) is 1. The van der Waals surface area contributed by atoms with Crippen molar-refractivity contribution in [3.63, 3.8) is 0 Å². The third-order valence-corrected chi connectivity index (χ3v) is 4.56. The molecule has 2 aromatic carbocycles. The summed E-state index contributed by atoms with van der Waals surface area (Å²) in [5.74, 6) is 0.425. The van der Waals surface area contributed by atoms with Gasteiger partial charge in [-0.2, -0.15) is 0 Å². The number of methoxy groups -OCH3 is 1. The topological polar surface area (TPSA) is 74.9 Å². The van der Waals surface area contributed by atoms with Gasteiger partial charge in [0.1, 0.15) is 17.1 Å². The number of aliphatic carboxylic acids is 1. The van der Waals surface area contributed by atoms with E-state index >= 15 is 0 Å². The maximum Gasteiger partial charge on any atom is 0.137 e. The quantitative estimate of drug-likeness (QED) is 0.630. The molecule has 0 N–H and O–H groups in total. The Kier molecular flexibility index (Phi) is 5.60. The third kappa shape index (κ3) is 4.37. The summed E-state index contributed by atoms with van der Waals surface area (Å²) in [5.41, 5.74) is 3.97. The van der Waals surface area contributed by atoms with E-state index in [1.54, 1.807) is 7.11 Å². The zero-order chi connectivity index (χ0) is 19.4. The summed E-state index contributed by atoms with van der Waals surface area (Å²) < 4.78 is 11.3. The van der Waals surface area contributed by atoms with Crippen LogP contribution in [0.15, 0.2) is 51.9 Å². The minimum Gasteiger partial charge on any atom is -0.550 e. The summed E-state index contributed by atoms with van der Waals surface area (Å²) >= 11 is 0. The van der Waals surface area contributed by atoms with E-state index in [1.807, 2.05) is 50.2 Å². The molecule has 1 aromatic heterocycles. The van der Waals surface area contributed by atoms with Crippen LogP contribution in [-0.4, -0.2) is 19.6 Å². The SMILES string of the molecule is COc1ccc(-c2cc(=NCCCC(=O)[O-])c3cc(C)c(C)cc3o2)cc1. The predicted octanol–water partition coefficient (Wildman–Crippen LogP) is 3.16. The molecule has 0 spiro atoms. The van der Waals surface area contributed by atoms with Gasteiger partial charge < -0.3 is 19.1 Å². The third-order valence-electron chi connectivity index (χ3n) is 4.56. The van der Waals surface area contributed by atoms with E-state index in [2.05, 4.69) is 11.1 Å². The second kappa shape index (κ2) is 8.08. The molecule has 0 saturated heterocycles. The van der Waals surface area contributed by atoms with E-state index in [4.69, 9.17) is 9.15 Å². The van der Waals surface area contributed by atoms with E-state index in [1.165, 1.54) is 0 Å². The fourth-order valence-corrected chi connectivity index (χ4v) is 2.88. The molecule has 0 saturated carbocycles. The molecule has 5 nitrogen and oxygen atoms in total. The first kappa shape index (κ1) is 18.7. The Bertz CT molecular complexity index is 1030. The average molecular weight is 364 g/mol. The number of fused-ring (bicyclic) bond motifs is 1. The van der Waals surface area contributed by atoms with Crippen LogP contribution >= 0.6 is 0 Å². The molecule has 0 aliphatic heterocycles. The highest BCUT2D eigenvalue weighted by Gasteiger charge is 2.08. The standard InChI is InChI=1S/C22H23NO4/c1-14-11-18-19(23-10-4-5-22(24)25)13-20(27-21(18)12-15(14)2)16-6-8-17(26-3)9-7-16/h6-9,11-13H,4-5,10H2,1-3H3,(H,24,25)/p-1. The van der Waals surface area contributed by atoms with Gasteiger partial charge in [0, 0.05) is 29.5 Å². The van der Waals surface area contributed by atoms with Crippen LogP contribution in [0.2, 0.25) is 0 Å². The molecule has 0 bridgehead atoms. The zero-order valence-corrected chi connectivity index (χ0v) is 15.7. The summed E-state index contributed by atoms with van der Waals surface area (Å²) in [5, 5.41) is 12.3. The lowest BCUT2D eigenvalue weighted by molar-refractivity contribution is -0.305. The lowest BCUT2D eigenvalue weighted by Crippen LogP contribution is -2.21. The number of nitrogens with zero attached hydrogens (tertiary/aromatic N) is 1. The van der Waals surface area contributed by atoms with Crippen LogP contribution < -0.4 is 15.2 Å². The number of carbonyl (C=O) groups is 1. The Morgan fingerprint density at radius 2 is 1.81 bits per heavy atom. The van der Waals surface area contributed by atoms with Gasteiger partial charge in [0.2, 0.25) is 0 Å².